The summed E-state index contributed by atoms with van der Waals surface area (Å²) in [5, 5.41) is 25.6. The van der Waals surface area contributed by atoms with Crippen molar-refractivity contribution < 1.29 is 15.0 Å². The highest BCUT2D eigenvalue weighted by Crippen LogP contribution is 2.22. The van der Waals surface area contributed by atoms with E-state index in [9.17, 15) is 9.90 Å². The number of amides is 1. The lowest BCUT2D eigenvalue weighted by Gasteiger charge is -2.18. The van der Waals surface area contributed by atoms with Crippen LogP contribution in [0, 0.1) is 0 Å². The summed E-state index contributed by atoms with van der Waals surface area (Å²) in [4.78, 5) is 19.0. The maximum absolute atomic E-state index is 12.7. The van der Waals surface area contributed by atoms with Crippen molar-refractivity contribution >= 4 is 17.2 Å². The van der Waals surface area contributed by atoms with Gasteiger partial charge in [0.1, 0.15) is 6.10 Å². The number of fused-ring (bicyclic) bond motifs is 1. The number of aliphatic hydroxyl groups is 2. The van der Waals surface area contributed by atoms with E-state index in [1.54, 1.807) is 11.0 Å². The minimum absolute atomic E-state index is 0.0641. The number of rotatable bonds is 4. The fourth-order valence-electron chi connectivity index (χ4n) is 2.70. The van der Waals surface area contributed by atoms with Crippen molar-refractivity contribution in [3.63, 3.8) is 0 Å². The molecular formula is C16H22N4O3S. The molecule has 2 aromatic rings. The zero-order valence-electron chi connectivity index (χ0n) is 13.8. The smallest absolute Gasteiger partial charge is 0.283 e. The van der Waals surface area contributed by atoms with Gasteiger partial charge in [-0.2, -0.15) is 5.10 Å². The molecule has 2 aromatic heterocycles. The molecule has 1 atom stereocenters. The number of aryl methyl sites for hydroxylation is 1. The van der Waals surface area contributed by atoms with Gasteiger partial charge in [-0.25, -0.2) is 4.98 Å². The van der Waals surface area contributed by atoms with Gasteiger partial charge >= 0.3 is 0 Å². The molecule has 0 saturated heterocycles. The number of hydrogen-bond donors (Lipinski definition) is 2. The van der Waals surface area contributed by atoms with Crippen LogP contribution in [-0.4, -0.2) is 48.9 Å². The molecular weight excluding hydrogens is 328 g/mol. The number of carbonyl (C=O) groups excluding carboxylic acids is 1. The second-order valence-electron chi connectivity index (χ2n) is 6.29. The first-order valence-corrected chi connectivity index (χ1v) is 8.97. The lowest BCUT2D eigenvalue weighted by molar-refractivity contribution is 0.0744. The van der Waals surface area contributed by atoms with Crippen molar-refractivity contribution in [2.75, 3.05) is 13.2 Å². The molecule has 24 heavy (non-hydrogen) atoms. The number of hydrogen-bond acceptors (Lipinski definition) is 6. The molecule has 3 heterocycles. The third kappa shape index (κ3) is 3.35. The Labute approximate surface area is 144 Å². The summed E-state index contributed by atoms with van der Waals surface area (Å²) in [5.74, 6) is 0.238. The van der Waals surface area contributed by atoms with E-state index in [4.69, 9.17) is 5.11 Å². The van der Waals surface area contributed by atoms with Gasteiger partial charge in [-0.15, -0.1) is 11.3 Å². The molecule has 3 rings (SSSR count). The topological polar surface area (TPSA) is 91.5 Å². The molecule has 1 aliphatic heterocycles. The fraction of sp³-hybridized carbons (Fsp3) is 0.562. The molecule has 0 bridgehead atoms. The van der Waals surface area contributed by atoms with Crippen LogP contribution in [-0.2, 0) is 13.1 Å². The summed E-state index contributed by atoms with van der Waals surface area (Å²) in [7, 11) is 0. The van der Waals surface area contributed by atoms with Crippen molar-refractivity contribution in [1.82, 2.24) is 19.7 Å². The molecule has 130 valence electrons. The lowest BCUT2D eigenvalue weighted by Crippen LogP contribution is -2.30. The van der Waals surface area contributed by atoms with Gasteiger partial charge in [0.25, 0.3) is 5.91 Å². The summed E-state index contributed by atoms with van der Waals surface area (Å²) in [5.41, 5.74) is 2.25. The molecule has 1 amide bonds. The lowest BCUT2D eigenvalue weighted by atomic mass is 10.2. The highest BCUT2D eigenvalue weighted by atomic mass is 32.1. The van der Waals surface area contributed by atoms with Crippen molar-refractivity contribution in [3.8, 4) is 0 Å². The zero-order valence-corrected chi connectivity index (χ0v) is 14.7. The second kappa shape index (κ2) is 7.00. The number of nitrogens with zero attached hydrogens (tertiary/aromatic N) is 4. The molecule has 0 fully saturated rings. The van der Waals surface area contributed by atoms with Crippen LogP contribution in [0.15, 0.2) is 11.4 Å². The first-order valence-electron chi connectivity index (χ1n) is 8.09. The average molecular weight is 350 g/mol. The maximum atomic E-state index is 12.7. The zero-order chi connectivity index (χ0) is 17.3. The molecule has 8 heteroatoms. The summed E-state index contributed by atoms with van der Waals surface area (Å²) in [6, 6.07) is 1.76. The molecule has 0 spiro atoms. The van der Waals surface area contributed by atoms with Crippen molar-refractivity contribution in [3.05, 3.63) is 33.5 Å². The Morgan fingerprint density at radius 1 is 1.38 bits per heavy atom. The Kier molecular flexibility index (Phi) is 4.98. The quantitative estimate of drug-likeness (QED) is 0.873. The largest absolute Gasteiger partial charge is 0.393 e. The van der Waals surface area contributed by atoms with Crippen molar-refractivity contribution in [1.29, 1.82) is 0 Å². The fourth-order valence-corrected chi connectivity index (χ4v) is 3.64. The van der Waals surface area contributed by atoms with Crippen LogP contribution in [0.3, 0.4) is 0 Å². The molecule has 7 nitrogen and oxygen atoms in total. The molecule has 1 aliphatic rings. The predicted molar refractivity (Wildman–Crippen MR) is 89.8 cm³/mol. The van der Waals surface area contributed by atoms with Crippen molar-refractivity contribution in [2.24, 2.45) is 0 Å². The van der Waals surface area contributed by atoms with Crippen LogP contribution < -0.4 is 0 Å². The highest BCUT2D eigenvalue weighted by molar-refractivity contribution is 7.11. The molecule has 2 N–H and O–H groups in total. The SMILES string of the molecule is CC(C)c1csc(C(=O)N2CCCn3nc([C@@H](O)CO)cc3C2)n1. The number of aromatic nitrogens is 3. The van der Waals surface area contributed by atoms with Gasteiger partial charge in [-0.05, 0) is 18.4 Å². The van der Waals surface area contributed by atoms with Crippen LogP contribution >= 0.6 is 11.3 Å². The summed E-state index contributed by atoms with van der Waals surface area (Å²) in [6.45, 7) is 5.52. The summed E-state index contributed by atoms with van der Waals surface area (Å²) >= 11 is 1.38. The Hall–Kier alpha value is -1.77. The molecule has 0 saturated carbocycles. The Bertz CT molecular complexity index is 725. The standard InChI is InChI=1S/C16H22N4O3S/c1-10(2)13-9-24-15(17-13)16(23)19-4-3-5-20-11(7-19)6-12(18-20)14(22)8-21/h6,9-10,14,21-22H,3-5,7-8H2,1-2H3/t14-/m0/s1. The minimum atomic E-state index is -0.985. The van der Waals surface area contributed by atoms with Crippen LogP contribution in [0.5, 0.6) is 0 Å². The average Bonchev–Trinajstić information content (AvgIpc) is 3.16. The Balaban J connectivity index is 1.79. The van der Waals surface area contributed by atoms with Gasteiger partial charge in [0.2, 0.25) is 0 Å². The monoisotopic (exact) mass is 350 g/mol. The van der Waals surface area contributed by atoms with E-state index < -0.39 is 6.10 Å². The Morgan fingerprint density at radius 3 is 2.83 bits per heavy atom. The maximum Gasteiger partial charge on any atom is 0.283 e. The van der Waals surface area contributed by atoms with Gasteiger partial charge in [-0.3, -0.25) is 9.48 Å². The normalized spacial score (nSPS) is 16.1. The van der Waals surface area contributed by atoms with Gasteiger partial charge in [0.15, 0.2) is 5.01 Å². The molecule has 0 unspecified atom stereocenters. The predicted octanol–water partition coefficient (Wildman–Crippen LogP) is 1.53. The minimum Gasteiger partial charge on any atom is -0.393 e. The van der Waals surface area contributed by atoms with Crippen LogP contribution in [0.25, 0.3) is 0 Å². The van der Waals surface area contributed by atoms with Gasteiger partial charge < -0.3 is 15.1 Å². The van der Waals surface area contributed by atoms with E-state index in [1.165, 1.54) is 11.3 Å². The van der Waals surface area contributed by atoms with Gasteiger partial charge in [0.05, 0.1) is 30.2 Å². The van der Waals surface area contributed by atoms with E-state index in [2.05, 4.69) is 23.9 Å². The van der Waals surface area contributed by atoms with Crippen LogP contribution in [0.1, 0.15) is 59.2 Å². The second-order valence-corrected chi connectivity index (χ2v) is 7.15. The number of thiazole rings is 1. The molecule has 0 aromatic carbocycles. The highest BCUT2D eigenvalue weighted by Gasteiger charge is 2.25. The first kappa shape index (κ1) is 17.1. The molecule has 0 radical (unpaired) electrons. The van der Waals surface area contributed by atoms with Gasteiger partial charge in [0, 0.05) is 18.5 Å². The number of aliphatic hydroxyl groups excluding tert-OH is 2. The first-order chi connectivity index (χ1) is 11.5. The summed E-state index contributed by atoms with van der Waals surface area (Å²) < 4.78 is 1.81. The van der Waals surface area contributed by atoms with Crippen molar-refractivity contribution in [2.45, 2.75) is 45.4 Å². The third-order valence-electron chi connectivity index (χ3n) is 4.13. The molecule has 0 aliphatic carbocycles. The van der Waals surface area contributed by atoms with Crippen LogP contribution in [0.2, 0.25) is 0 Å². The van der Waals surface area contributed by atoms with Crippen LogP contribution in [0.4, 0.5) is 0 Å². The van der Waals surface area contributed by atoms with E-state index in [-0.39, 0.29) is 12.5 Å². The third-order valence-corrected chi connectivity index (χ3v) is 4.98. The summed E-state index contributed by atoms with van der Waals surface area (Å²) in [6.07, 6.45) is -0.196. The van der Waals surface area contributed by atoms with E-state index in [1.807, 2.05) is 10.1 Å². The van der Waals surface area contributed by atoms with Gasteiger partial charge in [-0.1, -0.05) is 13.8 Å². The van der Waals surface area contributed by atoms with E-state index in [0.29, 0.717) is 36.3 Å². The van der Waals surface area contributed by atoms with E-state index in [0.717, 1.165) is 17.8 Å². The van der Waals surface area contributed by atoms with E-state index >= 15 is 0 Å². The Morgan fingerprint density at radius 2 is 2.17 bits per heavy atom. The number of carbonyl (C=O) groups is 1.